The predicted octanol–water partition coefficient (Wildman–Crippen LogP) is 0.196. The van der Waals surface area contributed by atoms with Crippen molar-refractivity contribution in [3.8, 4) is 0 Å². The highest BCUT2D eigenvalue weighted by molar-refractivity contribution is 5.69. The molecule has 0 radical (unpaired) electrons. The van der Waals surface area contributed by atoms with Crippen LogP contribution >= 0.6 is 0 Å². The van der Waals surface area contributed by atoms with Crippen molar-refractivity contribution in [2.75, 3.05) is 37.6 Å². The van der Waals surface area contributed by atoms with Crippen molar-refractivity contribution in [3.63, 3.8) is 0 Å². The molecule has 102 valence electrons. The minimum absolute atomic E-state index is 0.00623. The van der Waals surface area contributed by atoms with E-state index in [0.29, 0.717) is 31.9 Å². The van der Waals surface area contributed by atoms with Gasteiger partial charge in [0.05, 0.1) is 11.5 Å². The van der Waals surface area contributed by atoms with E-state index in [4.69, 9.17) is 5.11 Å². The molecule has 8 nitrogen and oxygen atoms in total. The Hall–Kier alpha value is -2.22. The van der Waals surface area contributed by atoms with Crippen molar-refractivity contribution in [3.05, 3.63) is 28.6 Å². The molecule has 0 bridgehead atoms. The fourth-order valence-electron chi connectivity index (χ4n) is 2.13. The minimum atomic E-state index is -0.858. The van der Waals surface area contributed by atoms with E-state index in [-0.39, 0.29) is 12.2 Å². The van der Waals surface area contributed by atoms with Crippen LogP contribution in [0.2, 0.25) is 0 Å². The Morgan fingerprint density at radius 1 is 1.42 bits per heavy atom. The number of hydrogen-bond donors (Lipinski definition) is 1. The van der Waals surface area contributed by atoms with Gasteiger partial charge in [0.25, 0.3) is 0 Å². The fourth-order valence-corrected chi connectivity index (χ4v) is 2.13. The third-order valence-corrected chi connectivity index (χ3v) is 3.05. The molecular formula is C11H14N4O4. The number of piperazine rings is 1. The van der Waals surface area contributed by atoms with Crippen LogP contribution in [0.15, 0.2) is 18.5 Å². The zero-order valence-corrected chi connectivity index (χ0v) is 10.2. The van der Waals surface area contributed by atoms with Gasteiger partial charge in [0.1, 0.15) is 11.9 Å². The van der Waals surface area contributed by atoms with Crippen LogP contribution in [0.4, 0.5) is 11.4 Å². The van der Waals surface area contributed by atoms with Crippen molar-refractivity contribution in [1.29, 1.82) is 0 Å². The first kappa shape index (κ1) is 13.2. The smallest absolute Gasteiger partial charge is 0.317 e. The van der Waals surface area contributed by atoms with Crippen LogP contribution < -0.4 is 4.90 Å². The highest BCUT2D eigenvalue weighted by atomic mass is 16.6. The number of nitrogens with zero attached hydrogens (tertiary/aromatic N) is 4. The molecular weight excluding hydrogens is 252 g/mol. The molecule has 2 heterocycles. The molecule has 1 saturated heterocycles. The third kappa shape index (κ3) is 3.16. The first-order valence-corrected chi connectivity index (χ1v) is 5.85. The van der Waals surface area contributed by atoms with Gasteiger partial charge < -0.3 is 10.0 Å². The molecule has 1 aliphatic heterocycles. The lowest BCUT2D eigenvalue weighted by molar-refractivity contribution is -0.384. The number of hydrogen-bond acceptors (Lipinski definition) is 6. The number of carbonyl (C=O) groups is 1. The van der Waals surface area contributed by atoms with Gasteiger partial charge in [-0.2, -0.15) is 0 Å². The average Bonchev–Trinajstić information content (AvgIpc) is 2.39. The number of anilines is 1. The number of carboxylic acids is 1. The number of pyridine rings is 1. The summed E-state index contributed by atoms with van der Waals surface area (Å²) in [6.45, 7) is 2.29. The van der Waals surface area contributed by atoms with Gasteiger partial charge in [-0.1, -0.05) is 0 Å². The fraction of sp³-hybridized carbons (Fsp3) is 0.455. The van der Waals surface area contributed by atoms with Gasteiger partial charge in [0, 0.05) is 32.4 Å². The van der Waals surface area contributed by atoms with Gasteiger partial charge in [-0.05, 0) is 6.07 Å². The van der Waals surface area contributed by atoms with Gasteiger partial charge in [-0.3, -0.25) is 24.8 Å². The summed E-state index contributed by atoms with van der Waals surface area (Å²) in [7, 11) is 0. The van der Waals surface area contributed by atoms with Crippen LogP contribution in [0, 0.1) is 10.1 Å². The molecule has 0 aromatic carbocycles. The summed E-state index contributed by atoms with van der Waals surface area (Å²) >= 11 is 0. The van der Waals surface area contributed by atoms with Crippen LogP contribution in [-0.4, -0.2) is 58.6 Å². The maximum Gasteiger partial charge on any atom is 0.317 e. The second kappa shape index (κ2) is 5.61. The standard InChI is InChI=1S/C11H14N4O4/c16-11(17)8-13-3-5-14(6-4-13)9-1-2-12-7-10(9)15(18)19/h1-2,7H,3-6,8H2,(H,16,17). The van der Waals surface area contributed by atoms with Crippen molar-refractivity contribution in [2.24, 2.45) is 0 Å². The summed E-state index contributed by atoms with van der Waals surface area (Å²) in [5.74, 6) is -0.858. The molecule has 0 spiro atoms. The first-order chi connectivity index (χ1) is 9.08. The Morgan fingerprint density at radius 2 is 2.11 bits per heavy atom. The SMILES string of the molecule is O=C(O)CN1CCN(c2ccncc2[N+](=O)[O-])CC1. The van der Waals surface area contributed by atoms with Crippen molar-refractivity contribution in [1.82, 2.24) is 9.88 Å². The Bertz CT molecular complexity index is 485. The average molecular weight is 266 g/mol. The Kier molecular flexibility index (Phi) is 3.91. The summed E-state index contributed by atoms with van der Waals surface area (Å²) in [5.41, 5.74) is 0.518. The molecule has 19 heavy (non-hydrogen) atoms. The van der Waals surface area contributed by atoms with E-state index in [9.17, 15) is 14.9 Å². The van der Waals surface area contributed by atoms with E-state index in [1.807, 2.05) is 9.80 Å². The van der Waals surface area contributed by atoms with Crippen LogP contribution in [-0.2, 0) is 4.79 Å². The predicted molar refractivity (Wildman–Crippen MR) is 67.2 cm³/mol. The summed E-state index contributed by atoms with van der Waals surface area (Å²) in [6, 6.07) is 1.62. The molecule has 1 fully saturated rings. The molecule has 1 aromatic rings. The number of aromatic nitrogens is 1. The van der Waals surface area contributed by atoms with Gasteiger partial charge in [-0.15, -0.1) is 0 Å². The highest BCUT2D eigenvalue weighted by Gasteiger charge is 2.24. The quantitative estimate of drug-likeness (QED) is 0.613. The summed E-state index contributed by atoms with van der Waals surface area (Å²) in [5, 5.41) is 19.6. The highest BCUT2D eigenvalue weighted by Crippen LogP contribution is 2.27. The van der Waals surface area contributed by atoms with E-state index in [1.165, 1.54) is 12.4 Å². The van der Waals surface area contributed by atoms with Crippen molar-refractivity contribution in [2.45, 2.75) is 0 Å². The second-order valence-corrected chi connectivity index (χ2v) is 4.28. The number of rotatable bonds is 4. The maximum absolute atomic E-state index is 10.9. The number of carboxylic acid groups (broad SMARTS) is 1. The van der Waals surface area contributed by atoms with Crippen LogP contribution in [0.1, 0.15) is 0 Å². The third-order valence-electron chi connectivity index (χ3n) is 3.05. The maximum atomic E-state index is 10.9. The minimum Gasteiger partial charge on any atom is -0.480 e. The summed E-state index contributed by atoms with van der Waals surface area (Å²) in [6.07, 6.45) is 2.75. The van der Waals surface area contributed by atoms with Crippen molar-refractivity contribution < 1.29 is 14.8 Å². The molecule has 1 aliphatic rings. The van der Waals surface area contributed by atoms with Crippen LogP contribution in [0.25, 0.3) is 0 Å². The van der Waals surface area contributed by atoms with E-state index >= 15 is 0 Å². The molecule has 0 saturated carbocycles. The van der Waals surface area contributed by atoms with Gasteiger partial charge in [0.15, 0.2) is 0 Å². The molecule has 0 atom stereocenters. The van der Waals surface area contributed by atoms with Crippen LogP contribution in [0.3, 0.4) is 0 Å². The Balaban J connectivity index is 2.05. The zero-order valence-electron chi connectivity index (χ0n) is 10.2. The lowest BCUT2D eigenvalue weighted by Gasteiger charge is -2.34. The Labute approximate surface area is 109 Å². The molecule has 1 N–H and O–H groups in total. The van der Waals surface area contributed by atoms with Gasteiger partial charge in [-0.25, -0.2) is 0 Å². The topological polar surface area (TPSA) is 99.8 Å². The van der Waals surface area contributed by atoms with E-state index in [1.54, 1.807) is 6.07 Å². The largest absolute Gasteiger partial charge is 0.480 e. The molecule has 0 unspecified atom stereocenters. The molecule has 0 aliphatic carbocycles. The monoisotopic (exact) mass is 266 g/mol. The normalized spacial score (nSPS) is 16.3. The molecule has 1 aromatic heterocycles. The van der Waals surface area contributed by atoms with E-state index < -0.39 is 10.9 Å². The van der Waals surface area contributed by atoms with E-state index in [0.717, 1.165) is 0 Å². The van der Waals surface area contributed by atoms with Gasteiger partial charge >= 0.3 is 11.7 Å². The number of aliphatic carboxylic acids is 1. The molecule has 2 rings (SSSR count). The van der Waals surface area contributed by atoms with Crippen LogP contribution in [0.5, 0.6) is 0 Å². The molecule has 0 amide bonds. The lowest BCUT2D eigenvalue weighted by atomic mass is 10.2. The summed E-state index contributed by atoms with van der Waals surface area (Å²) in [4.78, 5) is 28.5. The van der Waals surface area contributed by atoms with Gasteiger partial charge in [0.2, 0.25) is 0 Å². The Morgan fingerprint density at radius 3 is 2.68 bits per heavy atom. The van der Waals surface area contributed by atoms with Crippen molar-refractivity contribution >= 4 is 17.3 Å². The van der Waals surface area contributed by atoms with E-state index in [2.05, 4.69) is 4.98 Å². The summed E-state index contributed by atoms with van der Waals surface area (Å²) < 4.78 is 0. The number of nitro groups is 1. The first-order valence-electron chi connectivity index (χ1n) is 5.85. The lowest BCUT2D eigenvalue weighted by Crippen LogP contribution is -2.48. The second-order valence-electron chi connectivity index (χ2n) is 4.28. The zero-order chi connectivity index (χ0) is 13.8. The molecule has 8 heteroatoms.